The van der Waals surface area contributed by atoms with E-state index in [9.17, 15) is 42.0 Å². The minimum Gasteiger partial charge on any atom is -0.392 e. The summed E-state index contributed by atoms with van der Waals surface area (Å²) in [7, 11) is 0. The predicted molar refractivity (Wildman–Crippen MR) is 175 cm³/mol. The third kappa shape index (κ3) is 7.56. The average molecular weight is 713 g/mol. The van der Waals surface area contributed by atoms with Gasteiger partial charge in [0.1, 0.15) is 5.56 Å². The standard InChI is InChI=1S/C36H33F5N4O6/c1-20-27(18-43-14-16-44(17-15-43)25-10-12-26(13-11-25)45(48)49)50-36(51-34(20)22-4-2-21(19-46)3-5-22)23-6-8-24(9-7-23)42-35(47)28-29(37)31(39)33(41)32(40)30(28)38/h2-13,20,27,34,36,46H,14-19H2,1H3,(H,42,47)/t20-,27+,34+,36+/m1/s1. The van der Waals surface area contributed by atoms with E-state index in [0.717, 1.165) is 16.8 Å². The number of aliphatic hydroxyl groups is 1. The van der Waals surface area contributed by atoms with Crippen molar-refractivity contribution < 1.29 is 46.3 Å². The average Bonchev–Trinajstić information content (AvgIpc) is 3.15. The number of anilines is 2. The van der Waals surface area contributed by atoms with Crippen LogP contribution in [0.25, 0.3) is 0 Å². The molecule has 2 heterocycles. The molecule has 15 heteroatoms. The van der Waals surface area contributed by atoms with E-state index in [1.165, 1.54) is 24.3 Å². The van der Waals surface area contributed by atoms with Crippen LogP contribution >= 0.6 is 0 Å². The van der Waals surface area contributed by atoms with Crippen molar-refractivity contribution in [2.24, 2.45) is 5.92 Å². The molecule has 0 unspecified atom stereocenters. The van der Waals surface area contributed by atoms with Crippen LogP contribution in [0.1, 0.15) is 46.4 Å². The number of benzene rings is 4. The monoisotopic (exact) mass is 712 g/mol. The highest BCUT2D eigenvalue weighted by Gasteiger charge is 2.39. The number of carbonyl (C=O) groups excluding carboxylic acids is 1. The van der Waals surface area contributed by atoms with Gasteiger partial charge in [-0.25, -0.2) is 22.0 Å². The van der Waals surface area contributed by atoms with Crippen LogP contribution in [0.15, 0.2) is 72.8 Å². The van der Waals surface area contributed by atoms with Gasteiger partial charge >= 0.3 is 0 Å². The molecule has 51 heavy (non-hydrogen) atoms. The van der Waals surface area contributed by atoms with Gasteiger partial charge in [-0.15, -0.1) is 0 Å². The molecule has 1 amide bonds. The first-order valence-corrected chi connectivity index (χ1v) is 16.1. The Morgan fingerprint density at radius 1 is 0.824 bits per heavy atom. The maximum Gasteiger partial charge on any atom is 0.269 e. The van der Waals surface area contributed by atoms with Crippen molar-refractivity contribution in [1.29, 1.82) is 0 Å². The third-order valence-electron chi connectivity index (χ3n) is 9.24. The predicted octanol–water partition coefficient (Wildman–Crippen LogP) is 6.65. The second-order valence-electron chi connectivity index (χ2n) is 12.4. The maximum absolute atomic E-state index is 14.2. The Bertz CT molecular complexity index is 1860. The van der Waals surface area contributed by atoms with Crippen LogP contribution in [-0.2, 0) is 16.1 Å². The van der Waals surface area contributed by atoms with E-state index in [1.54, 1.807) is 24.3 Å². The molecule has 268 valence electrons. The van der Waals surface area contributed by atoms with Gasteiger partial charge in [-0.3, -0.25) is 19.8 Å². The zero-order chi connectivity index (χ0) is 36.4. The molecule has 2 fully saturated rings. The van der Waals surface area contributed by atoms with E-state index in [2.05, 4.69) is 15.1 Å². The van der Waals surface area contributed by atoms with Crippen molar-refractivity contribution >= 4 is 23.0 Å². The Labute approximate surface area is 289 Å². The smallest absolute Gasteiger partial charge is 0.269 e. The SMILES string of the molecule is C[C@@H]1[C@H](CN2CCN(c3ccc([N+](=O)[O-])cc3)CC2)O[C@H](c2ccc(NC(=O)c3c(F)c(F)c(F)c(F)c3F)cc2)O[C@@H]1c1ccc(CO)cc1. The normalized spacial score (nSPS) is 21.0. The molecule has 0 bridgehead atoms. The molecular weight excluding hydrogens is 679 g/mol. The summed E-state index contributed by atoms with van der Waals surface area (Å²) in [6.07, 6.45) is -1.61. The first kappa shape index (κ1) is 35.9. The van der Waals surface area contributed by atoms with Crippen LogP contribution in [0.3, 0.4) is 0 Å². The van der Waals surface area contributed by atoms with Gasteiger partial charge < -0.3 is 24.8 Å². The van der Waals surface area contributed by atoms with Gasteiger partial charge in [0.25, 0.3) is 11.6 Å². The van der Waals surface area contributed by atoms with Crippen molar-refractivity contribution in [2.75, 3.05) is 42.9 Å². The van der Waals surface area contributed by atoms with Crippen LogP contribution in [0.5, 0.6) is 0 Å². The van der Waals surface area contributed by atoms with Gasteiger partial charge in [0.15, 0.2) is 29.6 Å². The fourth-order valence-corrected chi connectivity index (χ4v) is 6.28. The molecule has 0 aromatic heterocycles. The number of rotatable bonds is 9. The minimum atomic E-state index is -2.36. The van der Waals surface area contributed by atoms with E-state index in [1.807, 2.05) is 31.2 Å². The molecule has 6 rings (SSSR count). The van der Waals surface area contributed by atoms with Crippen LogP contribution in [-0.4, -0.2) is 59.7 Å². The summed E-state index contributed by atoms with van der Waals surface area (Å²) >= 11 is 0. The highest BCUT2D eigenvalue weighted by molar-refractivity contribution is 6.04. The van der Waals surface area contributed by atoms with E-state index in [0.29, 0.717) is 38.3 Å². The number of nitro groups is 1. The number of aliphatic hydroxyl groups excluding tert-OH is 1. The highest BCUT2D eigenvalue weighted by atomic mass is 19.2. The van der Waals surface area contributed by atoms with Gasteiger partial charge in [-0.2, -0.15) is 0 Å². The zero-order valence-electron chi connectivity index (χ0n) is 27.2. The molecule has 4 aromatic rings. The molecule has 0 aliphatic carbocycles. The second kappa shape index (κ2) is 15.1. The van der Waals surface area contributed by atoms with Gasteiger partial charge in [0, 0.05) is 67.7 Å². The molecule has 10 nitrogen and oxygen atoms in total. The first-order valence-electron chi connectivity index (χ1n) is 16.1. The Hall–Kier alpha value is -4.96. The molecule has 2 saturated heterocycles. The maximum atomic E-state index is 14.2. The third-order valence-corrected chi connectivity index (χ3v) is 9.24. The van der Waals surface area contributed by atoms with Crippen LogP contribution in [0.2, 0.25) is 0 Å². The molecular formula is C36H33F5N4O6. The van der Waals surface area contributed by atoms with Crippen molar-refractivity contribution in [3.05, 3.63) is 134 Å². The molecule has 2 N–H and O–H groups in total. The number of nitro benzene ring substituents is 1. The Morgan fingerprint density at radius 2 is 1.39 bits per heavy atom. The number of hydrogen-bond acceptors (Lipinski definition) is 8. The lowest BCUT2D eigenvalue weighted by molar-refractivity contribution is -0.384. The lowest BCUT2D eigenvalue weighted by Gasteiger charge is -2.44. The number of nitrogens with one attached hydrogen (secondary N) is 1. The van der Waals surface area contributed by atoms with Gasteiger partial charge in [0.05, 0.1) is 23.7 Å². The summed E-state index contributed by atoms with van der Waals surface area (Å²) in [6, 6.07) is 19.7. The summed E-state index contributed by atoms with van der Waals surface area (Å²) in [6.45, 7) is 5.29. The summed E-state index contributed by atoms with van der Waals surface area (Å²) < 4.78 is 82.2. The molecule has 2 aliphatic heterocycles. The van der Waals surface area contributed by atoms with Gasteiger partial charge in [-0.05, 0) is 35.4 Å². The largest absolute Gasteiger partial charge is 0.392 e. The lowest BCUT2D eigenvalue weighted by atomic mass is 9.90. The summed E-state index contributed by atoms with van der Waals surface area (Å²) in [5, 5.41) is 22.7. The Morgan fingerprint density at radius 3 is 1.96 bits per heavy atom. The molecule has 2 aliphatic rings. The Kier molecular flexibility index (Phi) is 10.6. The molecule has 0 radical (unpaired) electrons. The number of ether oxygens (including phenoxy) is 2. The number of carbonyl (C=O) groups is 1. The van der Waals surface area contributed by atoms with E-state index in [4.69, 9.17) is 9.47 Å². The highest BCUT2D eigenvalue weighted by Crippen LogP contribution is 2.42. The quantitative estimate of drug-likeness (QED) is 0.0652. The number of amides is 1. The van der Waals surface area contributed by atoms with Crippen molar-refractivity contribution in [3.63, 3.8) is 0 Å². The van der Waals surface area contributed by atoms with Crippen LogP contribution in [0.4, 0.5) is 39.0 Å². The lowest BCUT2D eigenvalue weighted by Crippen LogP contribution is -2.51. The second-order valence-corrected chi connectivity index (χ2v) is 12.4. The summed E-state index contributed by atoms with van der Waals surface area (Å²) in [5.41, 5.74) is 1.50. The van der Waals surface area contributed by atoms with Crippen LogP contribution < -0.4 is 10.2 Å². The Balaban J connectivity index is 1.17. The molecule has 0 saturated carbocycles. The van der Waals surface area contributed by atoms with Gasteiger partial charge in [-0.1, -0.05) is 43.3 Å². The van der Waals surface area contributed by atoms with Crippen molar-refractivity contribution in [1.82, 2.24) is 4.90 Å². The molecule has 4 atom stereocenters. The number of hydrogen-bond donors (Lipinski definition) is 2. The van der Waals surface area contributed by atoms with Gasteiger partial charge in [0.2, 0.25) is 5.82 Å². The number of nitrogens with zero attached hydrogens (tertiary/aromatic N) is 3. The summed E-state index contributed by atoms with van der Waals surface area (Å²) in [4.78, 5) is 27.6. The number of non-ortho nitro benzene ring substituents is 1. The number of piperazine rings is 1. The molecule has 0 spiro atoms. The first-order chi connectivity index (χ1) is 24.4. The van der Waals surface area contributed by atoms with Crippen LogP contribution in [0, 0.1) is 45.1 Å². The zero-order valence-corrected chi connectivity index (χ0v) is 27.2. The fraction of sp³-hybridized carbons (Fsp3) is 0.306. The van der Waals surface area contributed by atoms with E-state index < -0.39 is 57.9 Å². The van der Waals surface area contributed by atoms with Crippen molar-refractivity contribution in [3.8, 4) is 0 Å². The van der Waals surface area contributed by atoms with E-state index >= 15 is 0 Å². The fourth-order valence-electron chi connectivity index (χ4n) is 6.28. The molecule has 4 aromatic carbocycles. The topological polar surface area (TPSA) is 117 Å². The number of halogens is 5. The van der Waals surface area contributed by atoms with Crippen molar-refractivity contribution in [2.45, 2.75) is 32.0 Å². The summed E-state index contributed by atoms with van der Waals surface area (Å²) in [5.74, 6) is -12.9. The minimum absolute atomic E-state index is 0.0236. The van der Waals surface area contributed by atoms with E-state index in [-0.39, 0.29) is 30.0 Å².